The minimum absolute atomic E-state index is 0.0297. The number of hydrogen-bond acceptors (Lipinski definition) is 1. The molecule has 0 aromatic rings. The summed E-state index contributed by atoms with van der Waals surface area (Å²) in [6.45, 7) is 11.5. The SMILES string of the molecule is CCC1CCC(CC(C)(N)CC(C)(C)C)CC1. The van der Waals surface area contributed by atoms with Gasteiger partial charge in [-0.1, -0.05) is 59.8 Å². The fourth-order valence-electron chi connectivity index (χ4n) is 3.79. The van der Waals surface area contributed by atoms with Crippen LogP contribution >= 0.6 is 0 Å². The van der Waals surface area contributed by atoms with Crippen LogP contribution in [-0.4, -0.2) is 5.54 Å². The quantitative estimate of drug-likeness (QED) is 0.753. The topological polar surface area (TPSA) is 26.0 Å². The van der Waals surface area contributed by atoms with Gasteiger partial charge in [-0.3, -0.25) is 0 Å². The van der Waals surface area contributed by atoms with E-state index in [-0.39, 0.29) is 5.54 Å². The van der Waals surface area contributed by atoms with E-state index in [9.17, 15) is 0 Å². The molecule has 1 nitrogen and oxygen atoms in total. The first-order valence-corrected chi connectivity index (χ1v) is 7.51. The largest absolute Gasteiger partial charge is 0.325 e. The van der Waals surface area contributed by atoms with Gasteiger partial charge in [0.05, 0.1) is 0 Å². The lowest BCUT2D eigenvalue weighted by molar-refractivity contribution is 0.185. The molecule has 1 atom stereocenters. The molecule has 0 aliphatic heterocycles. The first-order valence-electron chi connectivity index (χ1n) is 7.51. The molecule has 0 amide bonds. The minimum Gasteiger partial charge on any atom is -0.325 e. The van der Waals surface area contributed by atoms with Gasteiger partial charge in [-0.05, 0) is 37.0 Å². The van der Waals surface area contributed by atoms with Crippen LogP contribution in [0.15, 0.2) is 0 Å². The van der Waals surface area contributed by atoms with Crippen molar-refractivity contribution >= 4 is 0 Å². The zero-order chi connectivity index (χ0) is 13.1. The highest BCUT2D eigenvalue weighted by Crippen LogP contribution is 2.37. The van der Waals surface area contributed by atoms with Crippen LogP contribution < -0.4 is 5.73 Å². The van der Waals surface area contributed by atoms with Gasteiger partial charge >= 0.3 is 0 Å². The van der Waals surface area contributed by atoms with Gasteiger partial charge in [0.25, 0.3) is 0 Å². The maximum atomic E-state index is 6.50. The molecule has 0 bridgehead atoms. The summed E-state index contributed by atoms with van der Waals surface area (Å²) in [5, 5.41) is 0. The number of nitrogens with two attached hydrogens (primary N) is 1. The summed E-state index contributed by atoms with van der Waals surface area (Å²) in [7, 11) is 0. The predicted octanol–water partition coefficient (Wildman–Crippen LogP) is 4.75. The third kappa shape index (κ3) is 5.90. The Labute approximate surface area is 109 Å². The Kier molecular flexibility index (Phi) is 5.07. The summed E-state index contributed by atoms with van der Waals surface area (Å²) in [5.74, 6) is 1.88. The Balaban J connectivity index is 2.38. The molecule has 1 unspecified atom stereocenters. The molecule has 0 heterocycles. The summed E-state index contributed by atoms with van der Waals surface area (Å²) < 4.78 is 0. The molecule has 17 heavy (non-hydrogen) atoms. The van der Waals surface area contributed by atoms with E-state index in [0.29, 0.717) is 5.41 Å². The molecule has 0 saturated heterocycles. The van der Waals surface area contributed by atoms with Crippen LogP contribution in [0.4, 0.5) is 0 Å². The molecule has 0 spiro atoms. The van der Waals surface area contributed by atoms with Gasteiger partial charge in [-0.25, -0.2) is 0 Å². The molecule has 102 valence electrons. The van der Waals surface area contributed by atoms with Gasteiger partial charge in [0.2, 0.25) is 0 Å². The Morgan fingerprint density at radius 2 is 1.41 bits per heavy atom. The average Bonchev–Trinajstić information content (AvgIpc) is 2.14. The summed E-state index contributed by atoms with van der Waals surface area (Å²) in [4.78, 5) is 0. The zero-order valence-corrected chi connectivity index (χ0v) is 12.7. The molecular formula is C16H33N. The Morgan fingerprint density at radius 3 is 1.82 bits per heavy atom. The van der Waals surface area contributed by atoms with Crippen LogP contribution in [0.5, 0.6) is 0 Å². The molecule has 0 radical (unpaired) electrons. The van der Waals surface area contributed by atoms with Gasteiger partial charge in [-0.15, -0.1) is 0 Å². The fraction of sp³-hybridized carbons (Fsp3) is 1.00. The van der Waals surface area contributed by atoms with E-state index in [1.54, 1.807) is 0 Å². The normalized spacial score (nSPS) is 30.0. The Morgan fingerprint density at radius 1 is 0.941 bits per heavy atom. The average molecular weight is 239 g/mol. The van der Waals surface area contributed by atoms with E-state index in [1.165, 1.54) is 38.5 Å². The van der Waals surface area contributed by atoms with E-state index >= 15 is 0 Å². The van der Waals surface area contributed by atoms with E-state index in [2.05, 4.69) is 34.6 Å². The van der Waals surface area contributed by atoms with Crippen LogP contribution in [0.25, 0.3) is 0 Å². The second kappa shape index (κ2) is 5.73. The fourth-order valence-corrected chi connectivity index (χ4v) is 3.79. The van der Waals surface area contributed by atoms with E-state index in [1.807, 2.05) is 0 Å². The highest BCUT2D eigenvalue weighted by molar-refractivity contribution is 4.87. The third-order valence-electron chi connectivity index (χ3n) is 4.23. The molecule has 1 heteroatoms. The zero-order valence-electron chi connectivity index (χ0n) is 12.7. The van der Waals surface area contributed by atoms with Gasteiger partial charge < -0.3 is 5.73 Å². The molecule has 1 rings (SSSR count). The smallest absolute Gasteiger partial charge is 0.0133 e. The lowest BCUT2D eigenvalue weighted by Crippen LogP contribution is -2.42. The van der Waals surface area contributed by atoms with Crippen LogP contribution in [-0.2, 0) is 0 Å². The van der Waals surface area contributed by atoms with Crippen molar-refractivity contribution in [3.8, 4) is 0 Å². The second-order valence-corrected chi connectivity index (χ2v) is 7.89. The molecule has 1 fully saturated rings. The van der Waals surface area contributed by atoms with Crippen LogP contribution in [0.3, 0.4) is 0 Å². The first kappa shape index (κ1) is 15.0. The van der Waals surface area contributed by atoms with Crippen molar-refractivity contribution in [2.24, 2.45) is 23.0 Å². The van der Waals surface area contributed by atoms with Gasteiger partial charge in [0.15, 0.2) is 0 Å². The van der Waals surface area contributed by atoms with Crippen LogP contribution in [0.2, 0.25) is 0 Å². The highest BCUT2D eigenvalue weighted by atomic mass is 14.7. The van der Waals surface area contributed by atoms with E-state index in [4.69, 9.17) is 5.73 Å². The first-order chi connectivity index (χ1) is 7.72. The summed E-state index contributed by atoms with van der Waals surface area (Å²) in [6, 6.07) is 0. The lowest BCUT2D eigenvalue weighted by Gasteiger charge is -2.37. The summed E-state index contributed by atoms with van der Waals surface area (Å²) >= 11 is 0. The van der Waals surface area contributed by atoms with Crippen molar-refractivity contribution in [3.05, 3.63) is 0 Å². The molecule has 0 aromatic heterocycles. The Bertz CT molecular complexity index is 216. The molecule has 1 saturated carbocycles. The van der Waals surface area contributed by atoms with Crippen LogP contribution in [0.1, 0.15) is 79.6 Å². The van der Waals surface area contributed by atoms with Crippen LogP contribution in [0, 0.1) is 17.3 Å². The second-order valence-electron chi connectivity index (χ2n) is 7.89. The molecule has 1 aliphatic carbocycles. The summed E-state index contributed by atoms with van der Waals surface area (Å²) in [6.07, 6.45) is 9.42. The third-order valence-corrected chi connectivity index (χ3v) is 4.23. The Hall–Kier alpha value is -0.0400. The van der Waals surface area contributed by atoms with Gasteiger partial charge in [-0.2, -0.15) is 0 Å². The summed E-state index contributed by atoms with van der Waals surface area (Å²) in [5.41, 5.74) is 6.88. The molecule has 0 aromatic carbocycles. The molecule has 1 aliphatic rings. The number of hydrogen-bond donors (Lipinski definition) is 1. The maximum Gasteiger partial charge on any atom is 0.0133 e. The predicted molar refractivity (Wildman–Crippen MR) is 77.0 cm³/mol. The number of rotatable bonds is 4. The standard InChI is InChI=1S/C16H33N/c1-6-13-7-9-14(10-8-13)11-16(5,17)12-15(2,3)4/h13-14H,6-12,17H2,1-5H3. The molecular weight excluding hydrogens is 206 g/mol. The van der Waals surface area contributed by atoms with Crippen molar-refractivity contribution < 1.29 is 0 Å². The van der Waals surface area contributed by atoms with Crippen molar-refractivity contribution in [2.45, 2.75) is 85.1 Å². The van der Waals surface area contributed by atoms with Crippen molar-refractivity contribution in [2.75, 3.05) is 0 Å². The van der Waals surface area contributed by atoms with Gasteiger partial charge in [0.1, 0.15) is 0 Å². The van der Waals surface area contributed by atoms with Gasteiger partial charge in [0, 0.05) is 5.54 Å². The van der Waals surface area contributed by atoms with Crippen molar-refractivity contribution in [3.63, 3.8) is 0 Å². The maximum absolute atomic E-state index is 6.50. The highest BCUT2D eigenvalue weighted by Gasteiger charge is 2.30. The van der Waals surface area contributed by atoms with E-state index in [0.717, 1.165) is 18.3 Å². The van der Waals surface area contributed by atoms with E-state index < -0.39 is 0 Å². The molecule has 2 N–H and O–H groups in total. The van der Waals surface area contributed by atoms with Crippen molar-refractivity contribution in [1.82, 2.24) is 0 Å². The lowest BCUT2D eigenvalue weighted by atomic mass is 9.72. The minimum atomic E-state index is 0.0297. The monoisotopic (exact) mass is 239 g/mol. The van der Waals surface area contributed by atoms with Crippen molar-refractivity contribution in [1.29, 1.82) is 0 Å².